The summed E-state index contributed by atoms with van der Waals surface area (Å²) in [4.78, 5) is 1.46. The van der Waals surface area contributed by atoms with Crippen molar-refractivity contribution in [2.45, 2.75) is 31.7 Å². The molecule has 0 radical (unpaired) electrons. The SMILES string of the molecule is Clc1ccc(CCNC2CCCc3sc(Cl)cc32)cc1. The standard InChI is InChI=1S/C16H17Cl2NS/c17-12-6-4-11(5-7-12)8-9-19-14-2-1-3-15-13(14)10-16(18)20-15/h4-7,10,14,19H,1-3,8-9H2. The highest BCUT2D eigenvalue weighted by Gasteiger charge is 2.21. The van der Waals surface area contributed by atoms with Crippen molar-refractivity contribution in [2.75, 3.05) is 6.54 Å². The van der Waals surface area contributed by atoms with Crippen LogP contribution in [0.3, 0.4) is 0 Å². The zero-order valence-electron chi connectivity index (χ0n) is 11.2. The minimum atomic E-state index is 0.467. The summed E-state index contributed by atoms with van der Waals surface area (Å²) in [7, 11) is 0. The third kappa shape index (κ3) is 3.37. The smallest absolute Gasteiger partial charge is 0.0934 e. The Morgan fingerprint density at radius 3 is 2.80 bits per heavy atom. The second-order valence-corrected chi connectivity index (χ2v) is 7.41. The molecule has 0 amide bonds. The quantitative estimate of drug-likeness (QED) is 0.807. The van der Waals surface area contributed by atoms with Gasteiger partial charge in [-0.15, -0.1) is 11.3 Å². The molecule has 1 aliphatic carbocycles. The molecular formula is C16H17Cl2NS. The van der Waals surface area contributed by atoms with Crippen LogP contribution in [0.15, 0.2) is 30.3 Å². The molecule has 3 rings (SSSR count). The topological polar surface area (TPSA) is 12.0 Å². The van der Waals surface area contributed by atoms with Crippen LogP contribution in [0.4, 0.5) is 0 Å². The van der Waals surface area contributed by atoms with Gasteiger partial charge in [0.2, 0.25) is 0 Å². The van der Waals surface area contributed by atoms with Gasteiger partial charge in [0.15, 0.2) is 0 Å². The van der Waals surface area contributed by atoms with Crippen molar-refractivity contribution in [1.82, 2.24) is 5.32 Å². The molecule has 1 aromatic carbocycles. The number of aryl methyl sites for hydroxylation is 1. The molecule has 0 saturated carbocycles. The molecule has 1 unspecified atom stereocenters. The highest BCUT2D eigenvalue weighted by atomic mass is 35.5. The van der Waals surface area contributed by atoms with Crippen molar-refractivity contribution >= 4 is 34.5 Å². The largest absolute Gasteiger partial charge is 0.310 e. The van der Waals surface area contributed by atoms with Gasteiger partial charge in [0.05, 0.1) is 4.34 Å². The summed E-state index contributed by atoms with van der Waals surface area (Å²) in [5, 5.41) is 4.47. The number of halogens is 2. The van der Waals surface area contributed by atoms with Crippen LogP contribution in [-0.4, -0.2) is 6.54 Å². The zero-order valence-corrected chi connectivity index (χ0v) is 13.5. The first-order chi connectivity index (χ1) is 9.72. The van der Waals surface area contributed by atoms with E-state index in [0.29, 0.717) is 6.04 Å². The van der Waals surface area contributed by atoms with Crippen LogP contribution in [0.25, 0.3) is 0 Å². The molecule has 0 bridgehead atoms. The second kappa shape index (κ2) is 6.48. The van der Waals surface area contributed by atoms with E-state index in [1.807, 2.05) is 12.1 Å². The monoisotopic (exact) mass is 325 g/mol. The molecule has 0 saturated heterocycles. The lowest BCUT2D eigenvalue weighted by molar-refractivity contribution is 0.467. The highest BCUT2D eigenvalue weighted by molar-refractivity contribution is 7.16. The van der Waals surface area contributed by atoms with Crippen molar-refractivity contribution in [3.8, 4) is 0 Å². The number of hydrogen-bond donors (Lipinski definition) is 1. The number of hydrogen-bond acceptors (Lipinski definition) is 2. The maximum Gasteiger partial charge on any atom is 0.0934 e. The van der Waals surface area contributed by atoms with Crippen LogP contribution in [-0.2, 0) is 12.8 Å². The molecule has 1 N–H and O–H groups in total. The minimum absolute atomic E-state index is 0.467. The maximum atomic E-state index is 6.14. The van der Waals surface area contributed by atoms with Gasteiger partial charge in [-0.3, -0.25) is 0 Å². The van der Waals surface area contributed by atoms with E-state index in [2.05, 4.69) is 23.5 Å². The van der Waals surface area contributed by atoms with E-state index in [4.69, 9.17) is 23.2 Å². The van der Waals surface area contributed by atoms with Crippen LogP contribution in [0, 0.1) is 0 Å². The van der Waals surface area contributed by atoms with Crippen LogP contribution < -0.4 is 5.32 Å². The number of rotatable bonds is 4. The van der Waals surface area contributed by atoms with Crippen LogP contribution >= 0.6 is 34.5 Å². The molecule has 1 atom stereocenters. The van der Waals surface area contributed by atoms with E-state index in [1.165, 1.54) is 35.3 Å². The molecule has 2 aromatic rings. The average molecular weight is 326 g/mol. The fraction of sp³-hybridized carbons (Fsp3) is 0.375. The van der Waals surface area contributed by atoms with Crippen molar-refractivity contribution in [3.63, 3.8) is 0 Å². The molecular weight excluding hydrogens is 309 g/mol. The van der Waals surface area contributed by atoms with Gasteiger partial charge < -0.3 is 5.32 Å². The predicted molar refractivity (Wildman–Crippen MR) is 88.2 cm³/mol. The Morgan fingerprint density at radius 1 is 1.20 bits per heavy atom. The van der Waals surface area contributed by atoms with E-state index in [-0.39, 0.29) is 0 Å². The van der Waals surface area contributed by atoms with Gasteiger partial charge in [0.1, 0.15) is 0 Å². The Kier molecular flexibility index (Phi) is 4.67. The van der Waals surface area contributed by atoms with Gasteiger partial charge in [0, 0.05) is 15.9 Å². The van der Waals surface area contributed by atoms with E-state index in [0.717, 1.165) is 22.3 Å². The summed E-state index contributed by atoms with van der Waals surface area (Å²) >= 11 is 13.8. The Balaban J connectivity index is 1.58. The Bertz CT molecular complexity index is 577. The van der Waals surface area contributed by atoms with Gasteiger partial charge in [-0.2, -0.15) is 0 Å². The first kappa shape index (κ1) is 14.4. The van der Waals surface area contributed by atoms with Crippen LogP contribution in [0.2, 0.25) is 9.36 Å². The lowest BCUT2D eigenvalue weighted by Crippen LogP contribution is -2.26. The van der Waals surface area contributed by atoms with Gasteiger partial charge >= 0.3 is 0 Å². The number of thiophene rings is 1. The third-order valence-electron chi connectivity index (χ3n) is 3.80. The fourth-order valence-corrected chi connectivity index (χ4v) is 4.28. The third-order valence-corrected chi connectivity index (χ3v) is 5.39. The zero-order chi connectivity index (χ0) is 13.9. The van der Waals surface area contributed by atoms with E-state index >= 15 is 0 Å². The van der Waals surface area contributed by atoms with E-state index in [9.17, 15) is 0 Å². The van der Waals surface area contributed by atoms with Crippen molar-refractivity contribution in [3.05, 3.63) is 55.7 Å². The number of benzene rings is 1. The molecule has 1 aromatic heterocycles. The van der Waals surface area contributed by atoms with Gasteiger partial charge in [-0.05, 0) is 61.6 Å². The molecule has 0 fully saturated rings. The normalized spacial score (nSPS) is 18.0. The van der Waals surface area contributed by atoms with Crippen molar-refractivity contribution in [2.24, 2.45) is 0 Å². The van der Waals surface area contributed by atoms with Crippen molar-refractivity contribution < 1.29 is 0 Å². The molecule has 1 aliphatic rings. The second-order valence-electron chi connectivity index (χ2n) is 5.20. The van der Waals surface area contributed by atoms with E-state index in [1.54, 1.807) is 11.3 Å². The lowest BCUT2D eigenvalue weighted by atomic mass is 9.94. The highest BCUT2D eigenvalue weighted by Crippen LogP contribution is 2.37. The predicted octanol–water partition coefficient (Wildman–Crippen LogP) is 5.26. The Hall–Kier alpha value is -0.540. The molecule has 0 aliphatic heterocycles. The molecule has 0 spiro atoms. The number of fused-ring (bicyclic) bond motifs is 1. The molecule has 1 nitrogen and oxygen atoms in total. The number of nitrogens with one attached hydrogen (secondary N) is 1. The van der Waals surface area contributed by atoms with Gasteiger partial charge in [-0.25, -0.2) is 0 Å². The van der Waals surface area contributed by atoms with Gasteiger partial charge in [-0.1, -0.05) is 35.3 Å². The Labute approximate surface area is 133 Å². The molecule has 1 heterocycles. The van der Waals surface area contributed by atoms with Crippen molar-refractivity contribution in [1.29, 1.82) is 0 Å². The lowest BCUT2D eigenvalue weighted by Gasteiger charge is -2.23. The summed E-state index contributed by atoms with van der Waals surface area (Å²) in [6.45, 7) is 0.985. The first-order valence-electron chi connectivity index (χ1n) is 6.98. The first-order valence-corrected chi connectivity index (χ1v) is 8.55. The fourth-order valence-electron chi connectivity index (χ4n) is 2.78. The summed E-state index contributed by atoms with van der Waals surface area (Å²) in [6, 6.07) is 10.7. The summed E-state index contributed by atoms with van der Waals surface area (Å²) < 4.78 is 0.918. The molecule has 106 valence electrons. The van der Waals surface area contributed by atoms with Crippen LogP contribution in [0.5, 0.6) is 0 Å². The average Bonchev–Trinajstić information content (AvgIpc) is 2.82. The molecule has 20 heavy (non-hydrogen) atoms. The maximum absolute atomic E-state index is 6.14. The molecule has 4 heteroatoms. The van der Waals surface area contributed by atoms with Crippen LogP contribution in [0.1, 0.15) is 34.9 Å². The summed E-state index contributed by atoms with van der Waals surface area (Å²) in [5.74, 6) is 0. The summed E-state index contributed by atoms with van der Waals surface area (Å²) in [5.41, 5.74) is 2.74. The van der Waals surface area contributed by atoms with E-state index < -0.39 is 0 Å². The Morgan fingerprint density at radius 2 is 2.00 bits per heavy atom. The summed E-state index contributed by atoms with van der Waals surface area (Å²) in [6.07, 6.45) is 4.67. The van der Waals surface area contributed by atoms with Gasteiger partial charge in [0.25, 0.3) is 0 Å². The minimum Gasteiger partial charge on any atom is -0.310 e.